The third-order valence-electron chi connectivity index (χ3n) is 2.25. The average molecular weight is 177 g/mol. The van der Waals surface area contributed by atoms with Gasteiger partial charge in [-0.25, -0.2) is 0 Å². The van der Waals surface area contributed by atoms with E-state index in [1.165, 1.54) is 0 Å². The van der Waals surface area contributed by atoms with Crippen molar-refractivity contribution >= 4 is 11.6 Å². The molecule has 0 fully saturated rings. The molecule has 0 radical (unpaired) electrons. The molecule has 3 nitrogen and oxygen atoms in total. The summed E-state index contributed by atoms with van der Waals surface area (Å²) in [5.41, 5.74) is 2.56. The predicted molar refractivity (Wildman–Crippen MR) is 49.4 cm³/mol. The Morgan fingerprint density at radius 1 is 1.54 bits per heavy atom. The quantitative estimate of drug-likeness (QED) is 0.678. The fourth-order valence-corrected chi connectivity index (χ4v) is 1.62. The molecular weight excluding hydrogens is 166 g/mol. The molecule has 3 heteroatoms. The lowest BCUT2D eigenvalue weighted by Crippen LogP contribution is -2.05. The Bertz CT molecular complexity index is 358. The van der Waals surface area contributed by atoms with Gasteiger partial charge in [0.25, 0.3) is 0 Å². The highest BCUT2D eigenvalue weighted by molar-refractivity contribution is 6.00. The van der Waals surface area contributed by atoms with E-state index in [0.717, 1.165) is 16.8 Å². The molecule has 1 atom stereocenters. The first kappa shape index (κ1) is 8.26. The van der Waals surface area contributed by atoms with E-state index in [2.05, 4.69) is 5.32 Å². The van der Waals surface area contributed by atoms with Crippen molar-refractivity contribution in [3.8, 4) is 0 Å². The summed E-state index contributed by atoms with van der Waals surface area (Å²) < 4.78 is 0. The number of para-hydroxylation sites is 1. The Kier molecular flexibility index (Phi) is 1.81. The number of hydrogen-bond acceptors (Lipinski definition) is 2. The van der Waals surface area contributed by atoms with Crippen LogP contribution in [0.3, 0.4) is 0 Å². The van der Waals surface area contributed by atoms with Gasteiger partial charge in [0, 0.05) is 5.56 Å². The van der Waals surface area contributed by atoms with Crippen molar-refractivity contribution in [2.24, 2.45) is 0 Å². The lowest BCUT2D eigenvalue weighted by atomic mass is 10.0. The molecule has 68 valence electrons. The molecule has 0 spiro atoms. The van der Waals surface area contributed by atoms with Crippen LogP contribution < -0.4 is 5.32 Å². The number of aliphatic hydroxyl groups excluding tert-OH is 1. The van der Waals surface area contributed by atoms with Gasteiger partial charge < -0.3 is 10.4 Å². The average Bonchev–Trinajstić information content (AvgIpc) is 2.43. The molecule has 2 N–H and O–H groups in total. The van der Waals surface area contributed by atoms with E-state index in [1.54, 1.807) is 6.92 Å². The van der Waals surface area contributed by atoms with Crippen LogP contribution in [-0.4, -0.2) is 11.0 Å². The van der Waals surface area contributed by atoms with Crippen LogP contribution in [0.1, 0.15) is 24.2 Å². The van der Waals surface area contributed by atoms with Crippen LogP contribution >= 0.6 is 0 Å². The van der Waals surface area contributed by atoms with Gasteiger partial charge in [-0.15, -0.1) is 0 Å². The van der Waals surface area contributed by atoms with E-state index in [1.807, 2.05) is 18.2 Å². The number of fused-ring (bicyclic) bond motifs is 1. The first-order valence-electron chi connectivity index (χ1n) is 4.28. The van der Waals surface area contributed by atoms with Crippen molar-refractivity contribution in [1.82, 2.24) is 0 Å². The number of carbonyl (C=O) groups is 1. The molecule has 0 saturated heterocycles. The van der Waals surface area contributed by atoms with Crippen LogP contribution in [0.15, 0.2) is 18.2 Å². The minimum absolute atomic E-state index is 0.00287. The van der Waals surface area contributed by atoms with E-state index < -0.39 is 6.10 Å². The smallest absolute Gasteiger partial charge is 0.228 e. The number of nitrogens with one attached hydrogen (secondary N) is 1. The van der Waals surface area contributed by atoms with Gasteiger partial charge in [-0.05, 0) is 12.5 Å². The standard InChI is InChI=1S/C10H11NO2/c1-6(12)8-4-2-3-7-5-9(13)11-10(7)8/h2-4,6,12H,5H2,1H3,(H,11,13). The Balaban J connectivity index is 2.51. The Hall–Kier alpha value is -1.35. The molecule has 0 saturated carbocycles. The second-order valence-electron chi connectivity index (χ2n) is 3.28. The lowest BCUT2D eigenvalue weighted by Gasteiger charge is -2.09. The van der Waals surface area contributed by atoms with Crippen molar-refractivity contribution in [3.05, 3.63) is 29.3 Å². The summed E-state index contributed by atoms with van der Waals surface area (Å²) in [7, 11) is 0. The molecule has 13 heavy (non-hydrogen) atoms. The summed E-state index contributed by atoms with van der Waals surface area (Å²) in [5, 5.41) is 12.2. The number of anilines is 1. The SMILES string of the molecule is CC(O)c1cccc2c1NC(=O)C2. The number of amides is 1. The molecule has 2 rings (SSSR count). The van der Waals surface area contributed by atoms with Gasteiger partial charge in [0.05, 0.1) is 18.2 Å². The Morgan fingerprint density at radius 2 is 2.31 bits per heavy atom. The van der Waals surface area contributed by atoms with E-state index >= 15 is 0 Å². The van der Waals surface area contributed by atoms with E-state index in [4.69, 9.17) is 0 Å². The van der Waals surface area contributed by atoms with E-state index in [-0.39, 0.29) is 5.91 Å². The summed E-state index contributed by atoms with van der Waals surface area (Å²) in [4.78, 5) is 11.1. The number of hydrogen-bond donors (Lipinski definition) is 2. The van der Waals surface area contributed by atoms with Gasteiger partial charge in [-0.1, -0.05) is 18.2 Å². The van der Waals surface area contributed by atoms with Crippen molar-refractivity contribution in [3.63, 3.8) is 0 Å². The van der Waals surface area contributed by atoms with Gasteiger partial charge in [-0.2, -0.15) is 0 Å². The van der Waals surface area contributed by atoms with Crippen molar-refractivity contribution in [1.29, 1.82) is 0 Å². The fraction of sp³-hybridized carbons (Fsp3) is 0.300. The van der Waals surface area contributed by atoms with Crippen molar-refractivity contribution in [2.45, 2.75) is 19.4 Å². The Morgan fingerprint density at radius 3 is 3.00 bits per heavy atom. The largest absolute Gasteiger partial charge is 0.389 e. The first-order valence-corrected chi connectivity index (χ1v) is 4.28. The van der Waals surface area contributed by atoms with Gasteiger partial charge in [0.2, 0.25) is 5.91 Å². The molecule has 1 unspecified atom stereocenters. The summed E-state index contributed by atoms with van der Waals surface area (Å²) >= 11 is 0. The topological polar surface area (TPSA) is 49.3 Å². The summed E-state index contributed by atoms with van der Waals surface area (Å²) in [6.07, 6.45) is -0.107. The van der Waals surface area contributed by atoms with Crippen LogP contribution in [-0.2, 0) is 11.2 Å². The van der Waals surface area contributed by atoms with Gasteiger partial charge in [0.1, 0.15) is 0 Å². The second kappa shape index (κ2) is 2.85. The van der Waals surface area contributed by atoms with Crippen LogP contribution in [0.2, 0.25) is 0 Å². The molecule has 0 bridgehead atoms. The summed E-state index contributed by atoms with van der Waals surface area (Å²) in [6, 6.07) is 5.59. The third-order valence-corrected chi connectivity index (χ3v) is 2.25. The lowest BCUT2D eigenvalue weighted by molar-refractivity contribution is -0.115. The van der Waals surface area contributed by atoms with Crippen LogP contribution in [0.5, 0.6) is 0 Å². The van der Waals surface area contributed by atoms with Gasteiger partial charge >= 0.3 is 0 Å². The zero-order valence-electron chi connectivity index (χ0n) is 7.37. The highest BCUT2D eigenvalue weighted by Gasteiger charge is 2.21. The molecule has 1 amide bonds. The zero-order valence-corrected chi connectivity index (χ0v) is 7.37. The summed E-state index contributed by atoms with van der Waals surface area (Å²) in [5.74, 6) is 0.00287. The number of carbonyl (C=O) groups excluding carboxylic acids is 1. The van der Waals surface area contributed by atoms with Crippen LogP contribution in [0.4, 0.5) is 5.69 Å². The van der Waals surface area contributed by atoms with Crippen molar-refractivity contribution < 1.29 is 9.90 Å². The zero-order chi connectivity index (χ0) is 9.42. The number of benzene rings is 1. The first-order chi connectivity index (χ1) is 6.18. The molecule has 0 aromatic heterocycles. The maximum absolute atomic E-state index is 11.1. The number of aliphatic hydroxyl groups is 1. The molecule has 1 aliphatic heterocycles. The molecule has 1 heterocycles. The highest BCUT2D eigenvalue weighted by Crippen LogP contribution is 2.30. The van der Waals surface area contributed by atoms with Crippen molar-refractivity contribution in [2.75, 3.05) is 5.32 Å². The van der Waals surface area contributed by atoms with Gasteiger partial charge in [-0.3, -0.25) is 4.79 Å². The normalized spacial score (nSPS) is 16.6. The monoisotopic (exact) mass is 177 g/mol. The molecule has 1 aromatic carbocycles. The highest BCUT2D eigenvalue weighted by atomic mass is 16.3. The van der Waals surface area contributed by atoms with Crippen LogP contribution in [0.25, 0.3) is 0 Å². The second-order valence-corrected chi connectivity index (χ2v) is 3.28. The fourth-order valence-electron chi connectivity index (χ4n) is 1.62. The van der Waals surface area contributed by atoms with Crippen LogP contribution in [0, 0.1) is 0 Å². The molecular formula is C10H11NO2. The van der Waals surface area contributed by atoms with E-state index in [0.29, 0.717) is 6.42 Å². The number of rotatable bonds is 1. The van der Waals surface area contributed by atoms with Gasteiger partial charge in [0.15, 0.2) is 0 Å². The van der Waals surface area contributed by atoms with E-state index in [9.17, 15) is 9.90 Å². The maximum Gasteiger partial charge on any atom is 0.228 e. The third kappa shape index (κ3) is 1.31. The Labute approximate surface area is 76.4 Å². The summed E-state index contributed by atoms with van der Waals surface area (Å²) in [6.45, 7) is 1.69. The molecule has 1 aliphatic rings. The maximum atomic E-state index is 11.1. The minimum Gasteiger partial charge on any atom is -0.389 e. The predicted octanol–water partition coefficient (Wildman–Crippen LogP) is 1.23. The molecule has 0 aliphatic carbocycles. The minimum atomic E-state index is -0.534. The molecule has 1 aromatic rings.